The van der Waals surface area contributed by atoms with Crippen molar-refractivity contribution in [1.82, 2.24) is 4.57 Å². The molecule has 0 radical (unpaired) electrons. The van der Waals surface area contributed by atoms with Gasteiger partial charge in [0, 0.05) is 22.8 Å². The molecule has 1 aliphatic rings. The second-order valence-corrected chi connectivity index (χ2v) is 5.01. The van der Waals surface area contributed by atoms with E-state index < -0.39 is 0 Å². The number of hydrogen-bond donors (Lipinski definition) is 0. The lowest BCUT2D eigenvalue weighted by Gasteiger charge is -2.26. The van der Waals surface area contributed by atoms with Crippen molar-refractivity contribution in [2.75, 3.05) is 0 Å². The van der Waals surface area contributed by atoms with Crippen LogP contribution in [0.3, 0.4) is 0 Å². The molecule has 0 aromatic carbocycles. The van der Waals surface area contributed by atoms with E-state index in [1.165, 1.54) is 19.3 Å². The van der Waals surface area contributed by atoms with E-state index in [2.05, 4.69) is 15.9 Å². The van der Waals surface area contributed by atoms with Crippen molar-refractivity contribution in [1.29, 1.82) is 0 Å². The lowest BCUT2D eigenvalue weighted by molar-refractivity contribution is 0.273. The summed E-state index contributed by atoms with van der Waals surface area (Å²) in [7, 11) is 0. The van der Waals surface area contributed by atoms with E-state index in [0.29, 0.717) is 0 Å². The minimum Gasteiger partial charge on any atom is -0.314 e. The first-order chi connectivity index (χ1) is 6.66. The molecule has 1 heterocycles. The number of nitrogens with zero attached hydrogens (tertiary/aromatic N) is 1. The predicted octanol–water partition coefficient (Wildman–Crippen LogP) is 2.72. The van der Waals surface area contributed by atoms with E-state index in [9.17, 15) is 4.79 Å². The van der Waals surface area contributed by atoms with Crippen molar-refractivity contribution in [3.8, 4) is 0 Å². The molecule has 0 unspecified atom stereocenters. The van der Waals surface area contributed by atoms with Crippen LogP contribution in [-0.4, -0.2) is 4.57 Å². The quantitative estimate of drug-likeness (QED) is 0.797. The minimum absolute atomic E-state index is 0.153. The Hall–Kier alpha value is -0.570. The Bertz CT molecular complexity index is 393. The topological polar surface area (TPSA) is 22.0 Å². The monoisotopic (exact) mass is 255 g/mol. The summed E-state index contributed by atoms with van der Waals surface area (Å²) in [6.45, 7) is 2.75. The third-order valence-electron chi connectivity index (χ3n) is 2.91. The summed E-state index contributed by atoms with van der Waals surface area (Å²) in [5.41, 5.74) is 0.971. The Morgan fingerprint density at radius 1 is 1.57 bits per heavy atom. The van der Waals surface area contributed by atoms with Gasteiger partial charge in [-0.15, -0.1) is 0 Å². The molecule has 2 rings (SSSR count). The van der Waals surface area contributed by atoms with Gasteiger partial charge in [0.15, 0.2) is 0 Å². The maximum Gasteiger partial charge on any atom is 0.253 e. The van der Waals surface area contributed by atoms with Crippen LogP contribution in [0, 0.1) is 12.8 Å². The highest BCUT2D eigenvalue weighted by molar-refractivity contribution is 9.10. The van der Waals surface area contributed by atoms with Crippen LogP contribution in [0.4, 0.5) is 0 Å². The molecule has 2 nitrogen and oxygen atoms in total. The number of hydrogen-bond acceptors (Lipinski definition) is 1. The zero-order valence-electron chi connectivity index (χ0n) is 8.29. The van der Waals surface area contributed by atoms with Crippen molar-refractivity contribution in [2.45, 2.75) is 32.7 Å². The average molecular weight is 256 g/mol. The Morgan fingerprint density at radius 3 is 2.86 bits per heavy atom. The third-order valence-corrected chi connectivity index (χ3v) is 3.35. The molecule has 0 atom stereocenters. The molecular formula is C11H14BrNO. The fourth-order valence-electron chi connectivity index (χ4n) is 1.83. The number of halogens is 1. The van der Waals surface area contributed by atoms with Gasteiger partial charge in [-0.1, -0.05) is 6.42 Å². The summed E-state index contributed by atoms with van der Waals surface area (Å²) in [6.07, 6.45) is 5.77. The van der Waals surface area contributed by atoms with Crippen molar-refractivity contribution >= 4 is 15.9 Å². The van der Waals surface area contributed by atoms with E-state index in [1.807, 2.05) is 23.8 Å². The van der Waals surface area contributed by atoms with Crippen LogP contribution in [0.25, 0.3) is 0 Å². The van der Waals surface area contributed by atoms with Gasteiger partial charge in [0.25, 0.3) is 5.56 Å². The molecule has 14 heavy (non-hydrogen) atoms. The van der Waals surface area contributed by atoms with Crippen molar-refractivity contribution in [3.63, 3.8) is 0 Å². The second-order valence-electron chi connectivity index (χ2n) is 4.10. The van der Waals surface area contributed by atoms with Gasteiger partial charge in [-0.3, -0.25) is 4.79 Å². The molecule has 0 N–H and O–H groups in total. The van der Waals surface area contributed by atoms with Crippen LogP contribution in [0.2, 0.25) is 0 Å². The predicted molar refractivity (Wildman–Crippen MR) is 60.5 cm³/mol. The van der Waals surface area contributed by atoms with Crippen molar-refractivity contribution in [2.24, 2.45) is 5.92 Å². The minimum atomic E-state index is 0.153. The molecule has 0 amide bonds. The zero-order valence-corrected chi connectivity index (χ0v) is 9.88. The normalized spacial score (nSPS) is 16.7. The molecule has 0 bridgehead atoms. The standard InChI is InChI=1S/C11H14BrNO/c1-8-5-10(12)7-13(11(8)14)6-9-3-2-4-9/h5,7,9H,2-4,6H2,1H3. The van der Waals surface area contributed by atoms with E-state index in [0.717, 1.165) is 22.5 Å². The molecule has 3 heteroatoms. The second kappa shape index (κ2) is 3.89. The maximum atomic E-state index is 11.7. The van der Waals surface area contributed by atoms with Gasteiger partial charge in [0.1, 0.15) is 0 Å². The Labute approximate surface area is 92.1 Å². The van der Waals surface area contributed by atoms with E-state index in [4.69, 9.17) is 0 Å². The SMILES string of the molecule is Cc1cc(Br)cn(CC2CCC2)c1=O. The number of aromatic nitrogens is 1. The Kier molecular flexibility index (Phi) is 2.77. The lowest BCUT2D eigenvalue weighted by atomic mass is 9.85. The van der Waals surface area contributed by atoms with Gasteiger partial charge in [-0.2, -0.15) is 0 Å². The molecule has 1 fully saturated rings. The smallest absolute Gasteiger partial charge is 0.253 e. The summed E-state index contributed by atoms with van der Waals surface area (Å²) >= 11 is 3.42. The summed E-state index contributed by atoms with van der Waals surface area (Å²) in [5, 5.41) is 0. The van der Waals surface area contributed by atoms with Gasteiger partial charge in [-0.05, 0) is 47.7 Å². The summed E-state index contributed by atoms with van der Waals surface area (Å²) < 4.78 is 2.83. The molecule has 1 saturated carbocycles. The van der Waals surface area contributed by atoms with Gasteiger partial charge in [-0.25, -0.2) is 0 Å². The fraction of sp³-hybridized carbons (Fsp3) is 0.545. The molecule has 76 valence electrons. The molecular weight excluding hydrogens is 242 g/mol. The van der Waals surface area contributed by atoms with Crippen molar-refractivity contribution in [3.05, 3.63) is 32.7 Å². The number of rotatable bonds is 2. The highest BCUT2D eigenvalue weighted by Crippen LogP contribution is 2.27. The van der Waals surface area contributed by atoms with Crippen LogP contribution in [0.1, 0.15) is 24.8 Å². The Balaban J connectivity index is 2.27. The summed E-state index contributed by atoms with van der Waals surface area (Å²) in [6, 6.07) is 1.87. The van der Waals surface area contributed by atoms with Gasteiger partial charge < -0.3 is 4.57 Å². The highest BCUT2D eigenvalue weighted by atomic mass is 79.9. The fourth-order valence-corrected chi connectivity index (χ4v) is 2.42. The average Bonchev–Trinajstić information content (AvgIpc) is 2.05. The highest BCUT2D eigenvalue weighted by Gasteiger charge is 2.18. The van der Waals surface area contributed by atoms with E-state index in [-0.39, 0.29) is 5.56 Å². The van der Waals surface area contributed by atoms with Crippen LogP contribution in [-0.2, 0) is 6.54 Å². The van der Waals surface area contributed by atoms with Crippen LogP contribution >= 0.6 is 15.9 Å². The number of pyridine rings is 1. The Morgan fingerprint density at radius 2 is 2.29 bits per heavy atom. The van der Waals surface area contributed by atoms with Gasteiger partial charge in [0.05, 0.1) is 0 Å². The van der Waals surface area contributed by atoms with Gasteiger partial charge >= 0.3 is 0 Å². The molecule has 1 aromatic heterocycles. The summed E-state index contributed by atoms with van der Waals surface area (Å²) in [5.74, 6) is 0.724. The summed E-state index contributed by atoms with van der Waals surface area (Å²) in [4.78, 5) is 11.7. The largest absolute Gasteiger partial charge is 0.314 e. The van der Waals surface area contributed by atoms with Crippen LogP contribution in [0.5, 0.6) is 0 Å². The molecule has 1 aliphatic carbocycles. The van der Waals surface area contributed by atoms with Crippen LogP contribution in [0.15, 0.2) is 21.5 Å². The molecule has 1 aromatic rings. The van der Waals surface area contributed by atoms with Crippen molar-refractivity contribution < 1.29 is 0 Å². The molecule has 0 saturated heterocycles. The first-order valence-corrected chi connectivity index (χ1v) is 5.82. The molecule has 0 spiro atoms. The van der Waals surface area contributed by atoms with E-state index in [1.54, 1.807) is 0 Å². The van der Waals surface area contributed by atoms with Crippen LogP contribution < -0.4 is 5.56 Å². The first-order valence-electron chi connectivity index (χ1n) is 5.03. The lowest BCUT2D eigenvalue weighted by Crippen LogP contribution is -2.27. The molecule has 0 aliphatic heterocycles. The number of aryl methyl sites for hydroxylation is 1. The zero-order chi connectivity index (χ0) is 10.1. The first kappa shape index (κ1) is 9.97. The maximum absolute atomic E-state index is 11.7. The third kappa shape index (κ3) is 1.92. The van der Waals surface area contributed by atoms with Gasteiger partial charge in [0.2, 0.25) is 0 Å². The van der Waals surface area contributed by atoms with E-state index >= 15 is 0 Å².